The summed E-state index contributed by atoms with van der Waals surface area (Å²) < 4.78 is 0. The fourth-order valence-electron chi connectivity index (χ4n) is 3.72. The van der Waals surface area contributed by atoms with Crippen molar-refractivity contribution in [3.63, 3.8) is 0 Å². The SMILES string of the molecule is O=C(NCC(c1ccccc1)N1CCCC1)c1ccc2nc(Cl)ccc2c1. The molecule has 1 aromatic heterocycles. The molecule has 4 rings (SSSR count). The van der Waals surface area contributed by atoms with Crippen molar-refractivity contribution in [1.82, 2.24) is 15.2 Å². The summed E-state index contributed by atoms with van der Waals surface area (Å²) in [6.07, 6.45) is 2.44. The van der Waals surface area contributed by atoms with E-state index in [0.717, 1.165) is 24.0 Å². The molecule has 1 amide bonds. The lowest BCUT2D eigenvalue weighted by Gasteiger charge is -2.28. The third-order valence-electron chi connectivity index (χ3n) is 5.14. The van der Waals surface area contributed by atoms with Gasteiger partial charge in [-0.25, -0.2) is 4.98 Å². The van der Waals surface area contributed by atoms with Gasteiger partial charge in [0.1, 0.15) is 5.15 Å². The summed E-state index contributed by atoms with van der Waals surface area (Å²) in [5.74, 6) is -0.0630. The Balaban J connectivity index is 1.50. The Bertz CT molecular complexity index is 939. The minimum absolute atomic E-state index is 0.0630. The van der Waals surface area contributed by atoms with Gasteiger partial charge in [-0.05, 0) is 61.8 Å². The molecule has 1 fully saturated rings. The van der Waals surface area contributed by atoms with Crippen LogP contribution in [0.2, 0.25) is 5.15 Å². The first-order valence-corrected chi connectivity index (χ1v) is 9.72. The van der Waals surface area contributed by atoms with Gasteiger partial charge in [0.15, 0.2) is 0 Å². The van der Waals surface area contributed by atoms with Crippen molar-refractivity contribution in [3.8, 4) is 0 Å². The van der Waals surface area contributed by atoms with Crippen LogP contribution < -0.4 is 5.32 Å². The normalized spacial score (nSPS) is 15.7. The Kier molecular flexibility index (Phi) is 5.37. The number of fused-ring (bicyclic) bond motifs is 1. The molecule has 1 saturated heterocycles. The number of pyridine rings is 1. The number of hydrogen-bond donors (Lipinski definition) is 1. The number of carbonyl (C=O) groups excluding carboxylic acids is 1. The highest BCUT2D eigenvalue weighted by Gasteiger charge is 2.24. The molecule has 1 aliphatic heterocycles. The van der Waals surface area contributed by atoms with Gasteiger partial charge in [0.2, 0.25) is 0 Å². The molecule has 5 heteroatoms. The summed E-state index contributed by atoms with van der Waals surface area (Å²) in [6.45, 7) is 2.76. The first-order valence-electron chi connectivity index (χ1n) is 9.34. The molecular formula is C22H22ClN3O. The number of hydrogen-bond acceptors (Lipinski definition) is 3. The molecule has 0 radical (unpaired) electrons. The van der Waals surface area contributed by atoms with Crippen molar-refractivity contribution < 1.29 is 4.79 Å². The van der Waals surface area contributed by atoms with Crippen LogP contribution in [0.1, 0.15) is 34.8 Å². The van der Waals surface area contributed by atoms with Gasteiger partial charge >= 0.3 is 0 Å². The molecule has 0 aliphatic carbocycles. The number of benzene rings is 2. The molecule has 27 heavy (non-hydrogen) atoms. The molecule has 4 nitrogen and oxygen atoms in total. The van der Waals surface area contributed by atoms with E-state index in [2.05, 4.69) is 39.5 Å². The first kappa shape index (κ1) is 18.0. The predicted molar refractivity (Wildman–Crippen MR) is 109 cm³/mol. The van der Waals surface area contributed by atoms with Gasteiger partial charge in [-0.15, -0.1) is 0 Å². The Morgan fingerprint density at radius 3 is 2.63 bits per heavy atom. The highest BCUT2D eigenvalue weighted by molar-refractivity contribution is 6.29. The molecule has 2 heterocycles. The Morgan fingerprint density at radius 1 is 1.07 bits per heavy atom. The van der Waals surface area contributed by atoms with Crippen LogP contribution in [-0.4, -0.2) is 35.4 Å². The molecule has 1 N–H and O–H groups in total. The number of likely N-dealkylation sites (tertiary alicyclic amines) is 1. The van der Waals surface area contributed by atoms with Crippen molar-refractivity contribution in [1.29, 1.82) is 0 Å². The van der Waals surface area contributed by atoms with E-state index in [1.807, 2.05) is 24.3 Å². The maximum Gasteiger partial charge on any atom is 0.251 e. The maximum absolute atomic E-state index is 12.7. The van der Waals surface area contributed by atoms with Gasteiger partial charge < -0.3 is 5.32 Å². The molecule has 0 bridgehead atoms. The summed E-state index contributed by atoms with van der Waals surface area (Å²) in [7, 11) is 0. The number of nitrogens with one attached hydrogen (secondary N) is 1. The van der Waals surface area contributed by atoms with E-state index < -0.39 is 0 Å². The molecule has 3 aromatic rings. The van der Waals surface area contributed by atoms with Crippen molar-refractivity contribution in [3.05, 3.63) is 76.9 Å². The Labute approximate surface area is 164 Å². The Hall–Kier alpha value is -2.43. The van der Waals surface area contributed by atoms with E-state index in [-0.39, 0.29) is 11.9 Å². The van der Waals surface area contributed by atoms with Crippen LogP contribution in [0, 0.1) is 0 Å². The molecule has 2 aromatic carbocycles. The van der Waals surface area contributed by atoms with E-state index in [0.29, 0.717) is 17.3 Å². The number of carbonyl (C=O) groups is 1. The van der Waals surface area contributed by atoms with Crippen molar-refractivity contribution >= 4 is 28.4 Å². The highest BCUT2D eigenvalue weighted by Crippen LogP contribution is 2.24. The van der Waals surface area contributed by atoms with Gasteiger partial charge in [0.25, 0.3) is 5.91 Å². The topological polar surface area (TPSA) is 45.2 Å². The summed E-state index contributed by atoms with van der Waals surface area (Å²) >= 11 is 5.93. The van der Waals surface area contributed by atoms with Crippen LogP contribution in [0.4, 0.5) is 0 Å². The van der Waals surface area contributed by atoms with E-state index in [4.69, 9.17) is 11.6 Å². The number of amides is 1. The van der Waals surface area contributed by atoms with Crippen LogP contribution in [-0.2, 0) is 0 Å². The number of nitrogens with zero attached hydrogens (tertiary/aromatic N) is 2. The standard InChI is InChI=1S/C22H22ClN3O/c23-21-11-9-17-14-18(8-10-19(17)25-21)22(27)24-15-20(26-12-4-5-13-26)16-6-2-1-3-7-16/h1-3,6-11,14,20H,4-5,12-13,15H2,(H,24,27). The van der Waals surface area contributed by atoms with Crippen molar-refractivity contribution in [2.24, 2.45) is 0 Å². The lowest BCUT2D eigenvalue weighted by Crippen LogP contribution is -2.36. The average Bonchev–Trinajstić information content (AvgIpc) is 3.23. The molecule has 1 atom stereocenters. The molecular weight excluding hydrogens is 358 g/mol. The van der Waals surface area contributed by atoms with Gasteiger partial charge in [-0.3, -0.25) is 9.69 Å². The summed E-state index contributed by atoms with van der Waals surface area (Å²) in [6, 6.07) is 19.8. The minimum Gasteiger partial charge on any atom is -0.350 e. The number of rotatable bonds is 5. The van der Waals surface area contributed by atoms with Crippen molar-refractivity contribution in [2.75, 3.05) is 19.6 Å². The molecule has 1 aliphatic rings. The van der Waals surface area contributed by atoms with Crippen molar-refractivity contribution in [2.45, 2.75) is 18.9 Å². The van der Waals surface area contributed by atoms with Crippen LogP contribution in [0.3, 0.4) is 0 Å². The predicted octanol–water partition coefficient (Wildman–Crippen LogP) is 4.46. The quantitative estimate of drug-likeness (QED) is 0.666. The molecule has 1 unspecified atom stereocenters. The summed E-state index contributed by atoms with van der Waals surface area (Å²) in [5, 5.41) is 4.49. The second kappa shape index (κ2) is 8.07. The lowest BCUT2D eigenvalue weighted by molar-refractivity contribution is 0.0938. The van der Waals surface area contributed by atoms with Crippen LogP contribution >= 0.6 is 11.6 Å². The smallest absolute Gasteiger partial charge is 0.251 e. The second-order valence-corrected chi connectivity index (χ2v) is 7.31. The summed E-state index contributed by atoms with van der Waals surface area (Å²) in [4.78, 5) is 19.5. The van der Waals surface area contributed by atoms with E-state index >= 15 is 0 Å². The summed E-state index contributed by atoms with van der Waals surface area (Å²) in [5.41, 5.74) is 2.68. The zero-order valence-corrected chi connectivity index (χ0v) is 15.8. The highest BCUT2D eigenvalue weighted by atomic mass is 35.5. The van der Waals surface area contributed by atoms with E-state index in [1.54, 1.807) is 12.1 Å². The fourth-order valence-corrected chi connectivity index (χ4v) is 3.87. The second-order valence-electron chi connectivity index (χ2n) is 6.92. The maximum atomic E-state index is 12.7. The minimum atomic E-state index is -0.0630. The van der Waals surface area contributed by atoms with Crippen LogP contribution in [0.15, 0.2) is 60.7 Å². The monoisotopic (exact) mass is 379 g/mol. The van der Waals surface area contributed by atoms with Gasteiger partial charge in [0.05, 0.1) is 11.6 Å². The lowest BCUT2D eigenvalue weighted by atomic mass is 10.1. The van der Waals surface area contributed by atoms with Gasteiger partial charge in [-0.2, -0.15) is 0 Å². The zero-order chi connectivity index (χ0) is 18.6. The van der Waals surface area contributed by atoms with Crippen LogP contribution in [0.25, 0.3) is 10.9 Å². The van der Waals surface area contributed by atoms with Gasteiger partial charge in [0, 0.05) is 17.5 Å². The van der Waals surface area contributed by atoms with Crippen LogP contribution in [0.5, 0.6) is 0 Å². The fraction of sp³-hybridized carbons (Fsp3) is 0.273. The third-order valence-corrected chi connectivity index (χ3v) is 5.35. The van der Waals surface area contributed by atoms with E-state index in [1.165, 1.54) is 18.4 Å². The van der Waals surface area contributed by atoms with Gasteiger partial charge in [-0.1, -0.05) is 41.9 Å². The molecule has 0 saturated carbocycles. The number of halogens is 1. The largest absolute Gasteiger partial charge is 0.350 e. The average molecular weight is 380 g/mol. The van der Waals surface area contributed by atoms with E-state index in [9.17, 15) is 4.79 Å². The molecule has 0 spiro atoms. The number of aromatic nitrogens is 1. The zero-order valence-electron chi connectivity index (χ0n) is 15.1. The molecule has 138 valence electrons. The third kappa shape index (κ3) is 4.12. The Morgan fingerprint density at radius 2 is 1.85 bits per heavy atom. The first-order chi connectivity index (χ1) is 13.2.